The Morgan fingerprint density at radius 3 is 1.88 bits per heavy atom. The Hall–Kier alpha value is -0.803. The standard InChI is InChI=1S/C34H55NO3S2Si/c1-26(2)23-30(35(24-27-15-10-8-11-16-27)25-28-17-12-9-13-18-28)32(38-41(6,7)34(3,4)5)29(19-20-36)31(37)33-39-21-14-22-40-33/h8-13,15-18,26,29-33,36-37H,14,19-25H2,1-7H3/t29-,30+,31+,32+/m1/s1. The van der Waals surface area contributed by atoms with Crippen LogP contribution in [0.3, 0.4) is 0 Å². The van der Waals surface area contributed by atoms with E-state index in [1.165, 1.54) is 17.5 Å². The van der Waals surface area contributed by atoms with Crippen molar-refractivity contribution in [2.45, 2.75) is 108 Å². The molecule has 2 N–H and O–H groups in total. The molecule has 2 aromatic carbocycles. The maximum Gasteiger partial charge on any atom is 0.192 e. The van der Waals surface area contributed by atoms with Crippen LogP contribution in [0.5, 0.6) is 0 Å². The second-order valence-corrected chi connectivity index (χ2v) is 21.1. The lowest BCUT2D eigenvalue weighted by Gasteiger charge is -2.49. The first-order valence-electron chi connectivity index (χ1n) is 15.4. The fraction of sp³-hybridized carbons (Fsp3) is 0.647. The molecule has 1 fully saturated rings. The molecule has 0 radical (unpaired) electrons. The number of thioether (sulfide) groups is 2. The summed E-state index contributed by atoms with van der Waals surface area (Å²) in [6.45, 7) is 17.8. The summed E-state index contributed by atoms with van der Waals surface area (Å²) in [7, 11) is -2.23. The quantitative estimate of drug-likeness (QED) is 0.197. The van der Waals surface area contributed by atoms with Gasteiger partial charge < -0.3 is 14.6 Å². The van der Waals surface area contributed by atoms with Gasteiger partial charge in [0.15, 0.2) is 8.32 Å². The number of nitrogens with zero attached hydrogens (tertiary/aromatic N) is 1. The van der Waals surface area contributed by atoms with E-state index in [9.17, 15) is 10.2 Å². The van der Waals surface area contributed by atoms with Crippen molar-refractivity contribution in [3.05, 3.63) is 71.8 Å². The zero-order chi connectivity index (χ0) is 30.0. The second kappa shape index (κ2) is 16.3. The first-order valence-corrected chi connectivity index (χ1v) is 20.5. The van der Waals surface area contributed by atoms with E-state index in [-0.39, 0.29) is 34.3 Å². The lowest BCUT2D eigenvalue weighted by atomic mass is 9.84. The van der Waals surface area contributed by atoms with Gasteiger partial charge in [0, 0.05) is 31.7 Å². The molecule has 1 saturated heterocycles. The van der Waals surface area contributed by atoms with Crippen LogP contribution in [0.2, 0.25) is 18.1 Å². The van der Waals surface area contributed by atoms with Gasteiger partial charge in [0.25, 0.3) is 0 Å². The first kappa shape index (κ1) is 34.7. The molecule has 0 amide bonds. The minimum atomic E-state index is -2.23. The Bertz CT molecular complexity index is 955. The molecule has 7 heteroatoms. The van der Waals surface area contributed by atoms with Crippen molar-refractivity contribution >= 4 is 31.8 Å². The van der Waals surface area contributed by atoms with Gasteiger partial charge in [0.05, 0.1) is 16.8 Å². The highest BCUT2D eigenvalue weighted by Crippen LogP contribution is 2.43. The molecule has 0 aromatic heterocycles. The summed E-state index contributed by atoms with van der Waals surface area (Å²) in [4.78, 5) is 2.60. The normalized spacial score (nSPS) is 18.4. The average Bonchev–Trinajstić information content (AvgIpc) is 2.94. The third-order valence-electron chi connectivity index (χ3n) is 8.71. The first-order chi connectivity index (χ1) is 19.4. The molecule has 0 saturated carbocycles. The summed E-state index contributed by atoms with van der Waals surface area (Å²) >= 11 is 3.76. The van der Waals surface area contributed by atoms with Crippen molar-refractivity contribution in [2.75, 3.05) is 18.1 Å². The van der Waals surface area contributed by atoms with Crippen LogP contribution in [0.4, 0.5) is 0 Å². The monoisotopic (exact) mass is 617 g/mol. The van der Waals surface area contributed by atoms with Gasteiger partial charge in [-0.15, -0.1) is 23.5 Å². The van der Waals surface area contributed by atoms with E-state index in [0.29, 0.717) is 12.3 Å². The zero-order valence-electron chi connectivity index (χ0n) is 26.5. The molecule has 2 aromatic rings. The van der Waals surface area contributed by atoms with Gasteiger partial charge in [-0.25, -0.2) is 0 Å². The van der Waals surface area contributed by atoms with Crippen LogP contribution in [0.1, 0.15) is 65.0 Å². The van der Waals surface area contributed by atoms with Crippen molar-refractivity contribution in [3.8, 4) is 0 Å². The van der Waals surface area contributed by atoms with Gasteiger partial charge in [-0.2, -0.15) is 0 Å². The molecule has 230 valence electrons. The van der Waals surface area contributed by atoms with Gasteiger partial charge >= 0.3 is 0 Å². The van der Waals surface area contributed by atoms with Crippen molar-refractivity contribution < 1.29 is 14.6 Å². The fourth-order valence-corrected chi connectivity index (χ4v) is 9.85. The number of rotatable bonds is 15. The molecule has 1 aliphatic rings. The lowest BCUT2D eigenvalue weighted by Crippen LogP contribution is -2.57. The number of benzene rings is 2. The Morgan fingerprint density at radius 2 is 1.44 bits per heavy atom. The Morgan fingerprint density at radius 1 is 0.927 bits per heavy atom. The van der Waals surface area contributed by atoms with Crippen molar-refractivity contribution in [2.24, 2.45) is 11.8 Å². The molecule has 1 aliphatic heterocycles. The van der Waals surface area contributed by atoms with E-state index in [1.807, 2.05) is 23.5 Å². The summed E-state index contributed by atoms with van der Waals surface area (Å²) in [5.41, 5.74) is 2.56. The molecule has 0 aliphatic carbocycles. The Labute approximate surface area is 260 Å². The largest absolute Gasteiger partial charge is 0.412 e. The molecule has 0 unspecified atom stereocenters. The molecule has 41 heavy (non-hydrogen) atoms. The maximum absolute atomic E-state index is 12.0. The van der Waals surface area contributed by atoms with E-state index < -0.39 is 14.4 Å². The Balaban J connectivity index is 2.13. The highest BCUT2D eigenvalue weighted by molar-refractivity contribution is 8.17. The third-order valence-corrected chi connectivity index (χ3v) is 16.3. The molecular formula is C34H55NO3S2Si. The van der Waals surface area contributed by atoms with E-state index in [4.69, 9.17) is 4.43 Å². The molecule has 1 heterocycles. The van der Waals surface area contributed by atoms with Crippen LogP contribution in [0, 0.1) is 11.8 Å². The SMILES string of the molecule is CC(C)C[C@@H]([C@@H](O[Si](C)(C)C(C)(C)C)[C@H](CCO)[C@H](O)C1SCCCS1)N(Cc1ccccc1)Cc1ccccc1. The summed E-state index contributed by atoms with van der Waals surface area (Å²) < 4.78 is 7.57. The van der Waals surface area contributed by atoms with Crippen LogP contribution < -0.4 is 0 Å². The fourth-order valence-electron chi connectivity index (χ4n) is 5.45. The van der Waals surface area contributed by atoms with E-state index in [1.54, 1.807) is 0 Å². The van der Waals surface area contributed by atoms with Gasteiger partial charge in [0.1, 0.15) is 0 Å². The van der Waals surface area contributed by atoms with Crippen LogP contribution >= 0.6 is 23.5 Å². The van der Waals surface area contributed by atoms with Crippen LogP contribution in [-0.4, -0.2) is 64.4 Å². The number of aliphatic hydroxyl groups excluding tert-OH is 2. The smallest absolute Gasteiger partial charge is 0.192 e. The van der Waals surface area contributed by atoms with Gasteiger partial charge in [-0.1, -0.05) is 95.3 Å². The molecule has 3 rings (SSSR count). The van der Waals surface area contributed by atoms with Crippen molar-refractivity contribution in [1.82, 2.24) is 4.90 Å². The van der Waals surface area contributed by atoms with Crippen LogP contribution in [0.15, 0.2) is 60.7 Å². The average molecular weight is 618 g/mol. The van der Waals surface area contributed by atoms with E-state index in [0.717, 1.165) is 31.0 Å². The molecule has 4 atom stereocenters. The Kier molecular flexibility index (Phi) is 13.8. The number of aliphatic hydroxyl groups is 2. The highest BCUT2D eigenvalue weighted by Gasteiger charge is 2.47. The molecule has 0 bridgehead atoms. The molecule has 4 nitrogen and oxygen atoms in total. The van der Waals surface area contributed by atoms with Gasteiger partial charge in [-0.05, 0) is 65.9 Å². The topological polar surface area (TPSA) is 52.9 Å². The van der Waals surface area contributed by atoms with Crippen LogP contribution in [-0.2, 0) is 17.5 Å². The second-order valence-electron chi connectivity index (χ2n) is 13.5. The van der Waals surface area contributed by atoms with E-state index in [2.05, 4.69) is 113 Å². The molecular weight excluding hydrogens is 563 g/mol. The summed E-state index contributed by atoms with van der Waals surface area (Å²) in [5, 5.41) is 22.5. The summed E-state index contributed by atoms with van der Waals surface area (Å²) in [5.74, 6) is 2.45. The number of hydrogen-bond acceptors (Lipinski definition) is 6. The predicted molar refractivity (Wildman–Crippen MR) is 182 cm³/mol. The highest BCUT2D eigenvalue weighted by atomic mass is 32.2. The van der Waals surface area contributed by atoms with Crippen LogP contribution in [0.25, 0.3) is 0 Å². The third kappa shape index (κ3) is 10.4. The molecule has 0 spiro atoms. The van der Waals surface area contributed by atoms with Gasteiger partial charge in [0.2, 0.25) is 0 Å². The van der Waals surface area contributed by atoms with Crippen molar-refractivity contribution in [1.29, 1.82) is 0 Å². The number of hydrogen-bond donors (Lipinski definition) is 2. The minimum Gasteiger partial charge on any atom is -0.412 e. The lowest BCUT2D eigenvalue weighted by molar-refractivity contribution is -0.0446. The predicted octanol–water partition coefficient (Wildman–Crippen LogP) is 8.05. The van der Waals surface area contributed by atoms with Gasteiger partial charge in [-0.3, -0.25) is 4.90 Å². The maximum atomic E-state index is 12.0. The zero-order valence-corrected chi connectivity index (χ0v) is 29.1. The minimum absolute atomic E-state index is 0.0282. The summed E-state index contributed by atoms with van der Waals surface area (Å²) in [6.07, 6.45) is 1.94. The van der Waals surface area contributed by atoms with E-state index >= 15 is 0 Å². The summed E-state index contributed by atoms with van der Waals surface area (Å²) in [6, 6.07) is 21.6. The van der Waals surface area contributed by atoms with Crippen molar-refractivity contribution in [3.63, 3.8) is 0 Å².